The second kappa shape index (κ2) is 4.20. The van der Waals surface area contributed by atoms with Crippen LogP contribution in [0.4, 0.5) is 0 Å². The van der Waals surface area contributed by atoms with Gasteiger partial charge in [0.05, 0.1) is 30.0 Å². The quantitative estimate of drug-likeness (QED) is 0.726. The largest absolute Gasteiger partial charge is 0.465 e. The highest BCUT2D eigenvalue weighted by atomic mass is 35.5. The molecule has 0 saturated carbocycles. The summed E-state index contributed by atoms with van der Waals surface area (Å²) in [6.45, 7) is -0.207. The molecular formula is C8H8ClNO3. The first kappa shape index (κ1) is 9.95. The van der Waals surface area contributed by atoms with Crippen molar-refractivity contribution in [1.82, 2.24) is 4.98 Å². The number of carbonyl (C=O) groups excluding carboxylic acids is 1. The topological polar surface area (TPSA) is 59.4 Å². The van der Waals surface area contributed by atoms with E-state index in [4.69, 9.17) is 16.7 Å². The van der Waals surface area contributed by atoms with Gasteiger partial charge in [-0.15, -0.1) is 0 Å². The van der Waals surface area contributed by atoms with Crippen LogP contribution in [0.5, 0.6) is 0 Å². The van der Waals surface area contributed by atoms with Crippen LogP contribution in [0, 0.1) is 0 Å². The zero-order valence-corrected chi connectivity index (χ0v) is 7.71. The van der Waals surface area contributed by atoms with Crippen LogP contribution in [-0.2, 0) is 11.3 Å². The molecule has 1 N–H and O–H groups in total. The van der Waals surface area contributed by atoms with E-state index in [-0.39, 0.29) is 17.2 Å². The number of halogens is 1. The van der Waals surface area contributed by atoms with Crippen LogP contribution in [0.1, 0.15) is 16.1 Å². The molecule has 1 aromatic heterocycles. The Balaban J connectivity index is 3.05. The monoisotopic (exact) mass is 201 g/mol. The van der Waals surface area contributed by atoms with Gasteiger partial charge in [-0.3, -0.25) is 4.98 Å². The van der Waals surface area contributed by atoms with Gasteiger partial charge in [-0.2, -0.15) is 0 Å². The molecule has 0 aliphatic heterocycles. The SMILES string of the molecule is COC(=O)c1cnc(CO)cc1Cl. The minimum absolute atomic E-state index is 0.196. The molecule has 0 saturated heterocycles. The third-order valence-electron chi connectivity index (χ3n) is 1.48. The Morgan fingerprint density at radius 2 is 2.46 bits per heavy atom. The molecule has 70 valence electrons. The molecule has 0 aromatic carbocycles. The van der Waals surface area contributed by atoms with E-state index in [1.54, 1.807) is 0 Å². The van der Waals surface area contributed by atoms with Gasteiger partial charge in [0.25, 0.3) is 0 Å². The Kier molecular flexibility index (Phi) is 3.22. The van der Waals surface area contributed by atoms with Crippen LogP contribution in [-0.4, -0.2) is 23.2 Å². The number of aromatic nitrogens is 1. The van der Waals surface area contributed by atoms with Crippen LogP contribution >= 0.6 is 11.6 Å². The highest BCUT2D eigenvalue weighted by molar-refractivity contribution is 6.33. The predicted octanol–water partition coefficient (Wildman–Crippen LogP) is 1.01. The van der Waals surface area contributed by atoms with Crippen molar-refractivity contribution < 1.29 is 14.6 Å². The van der Waals surface area contributed by atoms with Crippen molar-refractivity contribution >= 4 is 17.6 Å². The van der Waals surface area contributed by atoms with E-state index in [2.05, 4.69) is 9.72 Å². The molecule has 1 rings (SSSR count). The van der Waals surface area contributed by atoms with Crippen molar-refractivity contribution in [2.75, 3.05) is 7.11 Å². The Hall–Kier alpha value is -1.13. The second-order valence-electron chi connectivity index (χ2n) is 2.31. The Bertz CT molecular complexity index is 327. The molecule has 4 nitrogen and oxygen atoms in total. The average molecular weight is 202 g/mol. The van der Waals surface area contributed by atoms with E-state index in [0.717, 1.165) is 0 Å². The third kappa shape index (κ3) is 2.17. The number of methoxy groups -OCH3 is 1. The van der Waals surface area contributed by atoms with E-state index < -0.39 is 5.97 Å². The molecule has 0 unspecified atom stereocenters. The van der Waals surface area contributed by atoms with E-state index in [1.165, 1.54) is 19.4 Å². The van der Waals surface area contributed by atoms with Crippen molar-refractivity contribution in [3.63, 3.8) is 0 Å². The molecule has 1 aromatic rings. The minimum atomic E-state index is -0.540. The first-order valence-electron chi connectivity index (χ1n) is 3.52. The number of nitrogens with zero attached hydrogens (tertiary/aromatic N) is 1. The molecule has 0 radical (unpaired) electrons. The summed E-state index contributed by atoms with van der Waals surface area (Å²) in [6.07, 6.45) is 1.28. The van der Waals surface area contributed by atoms with E-state index in [0.29, 0.717) is 5.69 Å². The summed E-state index contributed by atoms with van der Waals surface area (Å²) >= 11 is 5.73. The van der Waals surface area contributed by atoms with Crippen LogP contribution < -0.4 is 0 Å². The van der Waals surface area contributed by atoms with Gasteiger partial charge in [-0.05, 0) is 6.07 Å². The molecule has 0 atom stereocenters. The number of aliphatic hydroxyl groups is 1. The first-order chi connectivity index (χ1) is 6.19. The van der Waals surface area contributed by atoms with Crippen molar-refractivity contribution in [3.05, 3.63) is 28.5 Å². The fraction of sp³-hybridized carbons (Fsp3) is 0.250. The molecule has 0 bridgehead atoms. The first-order valence-corrected chi connectivity index (χ1v) is 3.90. The molecular weight excluding hydrogens is 194 g/mol. The van der Waals surface area contributed by atoms with Gasteiger partial charge < -0.3 is 9.84 Å². The maximum absolute atomic E-state index is 11.0. The van der Waals surface area contributed by atoms with Crippen LogP contribution in [0.2, 0.25) is 5.02 Å². The van der Waals surface area contributed by atoms with E-state index in [1.807, 2.05) is 0 Å². The van der Waals surface area contributed by atoms with Crippen molar-refractivity contribution in [2.45, 2.75) is 6.61 Å². The number of carbonyl (C=O) groups is 1. The van der Waals surface area contributed by atoms with Crippen LogP contribution in [0.3, 0.4) is 0 Å². The normalized spacial score (nSPS) is 9.77. The molecule has 0 spiro atoms. The molecule has 13 heavy (non-hydrogen) atoms. The summed E-state index contributed by atoms with van der Waals surface area (Å²) in [7, 11) is 1.26. The number of rotatable bonds is 2. The number of esters is 1. The summed E-state index contributed by atoms with van der Waals surface area (Å²) in [5.41, 5.74) is 0.610. The molecule has 5 heteroatoms. The zero-order valence-electron chi connectivity index (χ0n) is 6.95. The molecule has 0 fully saturated rings. The lowest BCUT2D eigenvalue weighted by Gasteiger charge is -2.02. The number of ether oxygens (including phenoxy) is 1. The minimum Gasteiger partial charge on any atom is -0.465 e. The number of hydrogen-bond acceptors (Lipinski definition) is 4. The van der Waals surface area contributed by atoms with Gasteiger partial charge in [0.15, 0.2) is 0 Å². The Morgan fingerprint density at radius 3 is 2.92 bits per heavy atom. The fourth-order valence-corrected chi connectivity index (χ4v) is 1.07. The predicted molar refractivity (Wildman–Crippen MR) is 46.5 cm³/mol. The second-order valence-corrected chi connectivity index (χ2v) is 2.71. The zero-order chi connectivity index (χ0) is 9.84. The van der Waals surface area contributed by atoms with Gasteiger partial charge in [0.1, 0.15) is 0 Å². The van der Waals surface area contributed by atoms with Crippen LogP contribution in [0.25, 0.3) is 0 Å². The van der Waals surface area contributed by atoms with Gasteiger partial charge in [-0.1, -0.05) is 11.6 Å². The highest BCUT2D eigenvalue weighted by Gasteiger charge is 2.11. The summed E-state index contributed by atoms with van der Waals surface area (Å²) in [5.74, 6) is -0.540. The smallest absolute Gasteiger partial charge is 0.340 e. The average Bonchev–Trinajstić information content (AvgIpc) is 2.16. The summed E-state index contributed by atoms with van der Waals surface area (Å²) < 4.78 is 4.46. The summed E-state index contributed by atoms with van der Waals surface area (Å²) in [6, 6.07) is 1.42. The summed E-state index contributed by atoms with van der Waals surface area (Å²) in [5, 5.41) is 8.94. The van der Waals surface area contributed by atoms with Crippen molar-refractivity contribution in [1.29, 1.82) is 0 Å². The van der Waals surface area contributed by atoms with E-state index >= 15 is 0 Å². The molecule has 0 amide bonds. The number of aliphatic hydroxyl groups excluding tert-OH is 1. The molecule has 0 aliphatic carbocycles. The Labute approximate surface area is 80.1 Å². The Morgan fingerprint density at radius 1 is 1.77 bits per heavy atom. The van der Waals surface area contributed by atoms with Crippen molar-refractivity contribution in [3.8, 4) is 0 Å². The summed E-state index contributed by atoms with van der Waals surface area (Å²) in [4.78, 5) is 14.8. The van der Waals surface area contributed by atoms with E-state index in [9.17, 15) is 4.79 Å². The van der Waals surface area contributed by atoms with Gasteiger partial charge in [0.2, 0.25) is 0 Å². The van der Waals surface area contributed by atoms with Gasteiger partial charge in [0, 0.05) is 6.20 Å². The highest BCUT2D eigenvalue weighted by Crippen LogP contribution is 2.16. The standard InChI is InChI=1S/C8H8ClNO3/c1-13-8(12)6-3-10-5(4-11)2-7(6)9/h2-3,11H,4H2,1H3. The fourth-order valence-electron chi connectivity index (χ4n) is 0.817. The molecule has 0 aliphatic rings. The maximum Gasteiger partial charge on any atom is 0.340 e. The van der Waals surface area contributed by atoms with Crippen molar-refractivity contribution in [2.24, 2.45) is 0 Å². The third-order valence-corrected chi connectivity index (χ3v) is 1.79. The van der Waals surface area contributed by atoms with Crippen LogP contribution in [0.15, 0.2) is 12.3 Å². The number of hydrogen-bond donors (Lipinski definition) is 1. The lowest BCUT2D eigenvalue weighted by atomic mass is 10.2. The number of pyridine rings is 1. The maximum atomic E-state index is 11.0. The van der Waals surface area contributed by atoms with Gasteiger partial charge in [-0.25, -0.2) is 4.79 Å². The van der Waals surface area contributed by atoms with Gasteiger partial charge >= 0.3 is 5.97 Å². The molecule has 1 heterocycles. The lowest BCUT2D eigenvalue weighted by Crippen LogP contribution is -2.04. The lowest BCUT2D eigenvalue weighted by molar-refractivity contribution is 0.0600.